The van der Waals surface area contributed by atoms with Crippen molar-refractivity contribution in [3.05, 3.63) is 93.3 Å². The Morgan fingerprint density at radius 2 is 1.71 bits per heavy atom. The molecule has 8 heteroatoms. The molecule has 2 heterocycles. The first kappa shape index (κ1) is 26.1. The van der Waals surface area contributed by atoms with Crippen molar-refractivity contribution >= 4 is 28.3 Å². The van der Waals surface area contributed by atoms with Gasteiger partial charge < -0.3 is 23.9 Å². The van der Waals surface area contributed by atoms with E-state index in [1.807, 2.05) is 56.3 Å². The molecule has 1 fully saturated rings. The zero-order valence-electron chi connectivity index (χ0n) is 21.5. The third-order valence-corrected chi connectivity index (χ3v) is 6.93. The summed E-state index contributed by atoms with van der Waals surface area (Å²) < 4.78 is 17.3. The Kier molecular flexibility index (Phi) is 7.88. The lowest BCUT2D eigenvalue weighted by Crippen LogP contribution is -2.49. The van der Waals surface area contributed by atoms with Gasteiger partial charge in [-0.1, -0.05) is 29.8 Å². The fraction of sp³-hybridized carbons (Fsp3) is 0.300. The van der Waals surface area contributed by atoms with Crippen molar-refractivity contribution in [1.82, 2.24) is 4.90 Å². The molecule has 0 bridgehead atoms. The largest absolute Gasteiger partial charge is 0.491 e. The van der Waals surface area contributed by atoms with Crippen LogP contribution in [-0.2, 0) is 0 Å². The number of para-hydroxylation sites is 1. The Morgan fingerprint density at radius 1 is 0.974 bits per heavy atom. The van der Waals surface area contributed by atoms with Gasteiger partial charge in [0.25, 0.3) is 0 Å². The molecular weight excluding hydrogens is 504 g/mol. The van der Waals surface area contributed by atoms with Crippen LogP contribution in [0, 0.1) is 13.8 Å². The molecule has 5 rings (SSSR count). The standard InChI is InChI=1S/C30H31ClN2O5/c1-20-13-21(2)15-24(14-20)38-29-19-37-28-16-23(7-8-25(28)30(29)35)36-18-22(34)17-32-9-11-33(12-10-32)27-6-4-3-5-26(27)31/h3-8,13-16,19,22,34H,9-12,17-18H2,1-2H3. The van der Waals surface area contributed by atoms with Crippen LogP contribution in [0.25, 0.3) is 11.0 Å². The van der Waals surface area contributed by atoms with Gasteiger partial charge in [0.1, 0.15) is 36.1 Å². The summed E-state index contributed by atoms with van der Waals surface area (Å²) in [6.45, 7) is 7.94. The maximum atomic E-state index is 13.0. The van der Waals surface area contributed by atoms with E-state index in [9.17, 15) is 9.90 Å². The van der Waals surface area contributed by atoms with Gasteiger partial charge >= 0.3 is 0 Å². The van der Waals surface area contributed by atoms with E-state index in [0.29, 0.717) is 29.0 Å². The fourth-order valence-corrected chi connectivity index (χ4v) is 5.05. The minimum atomic E-state index is -0.655. The first-order valence-electron chi connectivity index (χ1n) is 12.7. The Hall–Kier alpha value is -3.52. The van der Waals surface area contributed by atoms with Gasteiger partial charge in [-0.15, -0.1) is 0 Å². The summed E-state index contributed by atoms with van der Waals surface area (Å²) in [6, 6.07) is 18.7. The Morgan fingerprint density at radius 3 is 2.45 bits per heavy atom. The number of aliphatic hydroxyl groups is 1. The molecule has 7 nitrogen and oxygen atoms in total. The number of anilines is 1. The van der Waals surface area contributed by atoms with E-state index >= 15 is 0 Å². The van der Waals surface area contributed by atoms with E-state index in [-0.39, 0.29) is 17.8 Å². The Balaban J connectivity index is 1.15. The number of β-amino-alcohol motifs (C(OH)–C–C–N with tert-alkyl or cyclic N) is 1. The zero-order valence-corrected chi connectivity index (χ0v) is 22.3. The van der Waals surface area contributed by atoms with Crippen LogP contribution >= 0.6 is 11.6 Å². The van der Waals surface area contributed by atoms with Crippen molar-refractivity contribution in [2.75, 3.05) is 44.2 Å². The molecule has 198 valence electrons. The fourth-order valence-electron chi connectivity index (χ4n) is 4.79. The molecule has 0 radical (unpaired) electrons. The summed E-state index contributed by atoms with van der Waals surface area (Å²) >= 11 is 6.33. The number of halogens is 1. The van der Waals surface area contributed by atoms with Crippen LogP contribution in [0.4, 0.5) is 5.69 Å². The van der Waals surface area contributed by atoms with Crippen molar-refractivity contribution in [1.29, 1.82) is 0 Å². The van der Waals surface area contributed by atoms with Crippen LogP contribution in [-0.4, -0.2) is 55.4 Å². The van der Waals surface area contributed by atoms with Crippen LogP contribution < -0.4 is 19.8 Å². The molecule has 1 N–H and O–H groups in total. The second-order valence-electron chi connectivity index (χ2n) is 9.72. The Labute approximate surface area is 226 Å². The number of rotatable bonds is 8. The molecule has 4 aromatic rings. The van der Waals surface area contributed by atoms with Gasteiger partial charge in [-0.05, 0) is 61.4 Å². The van der Waals surface area contributed by atoms with Crippen LogP contribution in [0.2, 0.25) is 5.02 Å². The SMILES string of the molecule is Cc1cc(C)cc(Oc2coc3cc(OCC(O)CN4CCN(c5ccccc5Cl)CC4)ccc3c2=O)c1. The number of hydrogen-bond donors (Lipinski definition) is 1. The van der Waals surface area contributed by atoms with Gasteiger partial charge in [0.05, 0.1) is 16.1 Å². The van der Waals surface area contributed by atoms with Crippen molar-refractivity contribution < 1.29 is 19.0 Å². The number of benzene rings is 3. The minimum absolute atomic E-state index is 0.126. The average molecular weight is 535 g/mol. The lowest BCUT2D eigenvalue weighted by molar-refractivity contribution is 0.0663. The minimum Gasteiger partial charge on any atom is -0.491 e. The van der Waals surface area contributed by atoms with E-state index in [1.165, 1.54) is 6.26 Å². The highest BCUT2D eigenvalue weighted by molar-refractivity contribution is 6.33. The van der Waals surface area contributed by atoms with Gasteiger partial charge in [0, 0.05) is 38.8 Å². The van der Waals surface area contributed by atoms with Gasteiger partial charge in [-0.2, -0.15) is 0 Å². The molecule has 0 aliphatic carbocycles. The second kappa shape index (κ2) is 11.5. The number of nitrogens with zero attached hydrogens (tertiary/aromatic N) is 2. The van der Waals surface area contributed by atoms with Gasteiger partial charge in [-0.25, -0.2) is 0 Å². The van der Waals surface area contributed by atoms with Crippen molar-refractivity contribution in [3.63, 3.8) is 0 Å². The summed E-state index contributed by atoms with van der Waals surface area (Å²) in [6.07, 6.45) is 0.668. The molecule has 1 unspecified atom stereocenters. The monoisotopic (exact) mass is 534 g/mol. The summed E-state index contributed by atoms with van der Waals surface area (Å²) in [5.41, 5.74) is 3.28. The predicted molar refractivity (Wildman–Crippen MR) is 150 cm³/mol. The van der Waals surface area contributed by atoms with Gasteiger partial charge in [0.15, 0.2) is 0 Å². The lowest BCUT2D eigenvalue weighted by Gasteiger charge is -2.37. The highest BCUT2D eigenvalue weighted by atomic mass is 35.5. The molecule has 0 spiro atoms. The number of ether oxygens (including phenoxy) is 2. The molecular formula is C30H31ClN2O5. The summed E-state index contributed by atoms with van der Waals surface area (Å²) in [5, 5.41) is 11.7. The van der Waals surface area contributed by atoms with Gasteiger partial charge in [-0.3, -0.25) is 9.69 Å². The number of fused-ring (bicyclic) bond motifs is 1. The normalized spacial score (nSPS) is 15.0. The van der Waals surface area contributed by atoms with Gasteiger partial charge in [0.2, 0.25) is 11.2 Å². The first-order chi connectivity index (χ1) is 18.4. The third kappa shape index (κ3) is 6.13. The first-order valence-corrected chi connectivity index (χ1v) is 13.1. The summed E-state index contributed by atoms with van der Waals surface area (Å²) in [4.78, 5) is 17.4. The highest BCUT2D eigenvalue weighted by Crippen LogP contribution is 2.27. The topological polar surface area (TPSA) is 75.4 Å². The van der Waals surface area contributed by atoms with E-state index < -0.39 is 6.10 Å². The van der Waals surface area contributed by atoms with Crippen molar-refractivity contribution in [3.8, 4) is 17.2 Å². The molecule has 38 heavy (non-hydrogen) atoms. The zero-order chi connectivity index (χ0) is 26.6. The van der Waals surface area contributed by atoms with Crippen LogP contribution in [0.3, 0.4) is 0 Å². The number of piperazine rings is 1. The second-order valence-corrected chi connectivity index (χ2v) is 10.1. The molecule has 1 saturated heterocycles. The van der Waals surface area contributed by atoms with Crippen LogP contribution in [0.1, 0.15) is 11.1 Å². The number of aryl methyl sites for hydroxylation is 2. The average Bonchev–Trinajstić information content (AvgIpc) is 2.89. The smallest absolute Gasteiger partial charge is 0.235 e. The Bertz CT molecular complexity index is 1460. The van der Waals surface area contributed by atoms with Crippen LogP contribution in [0.5, 0.6) is 17.2 Å². The molecule has 0 saturated carbocycles. The van der Waals surface area contributed by atoms with E-state index in [4.69, 9.17) is 25.5 Å². The molecule has 1 aliphatic heterocycles. The molecule has 1 aliphatic rings. The quantitative estimate of drug-likeness (QED) is 0.323. The lowest BCUT2D eigenvalue weighted by atomic mass is 10.1. The summed E-state index contributed by atoms with van der Waals surface area (Å²) in [7, 11) is 0. The molecule has 1 aromatic heterocycles. The van der Waals surface area contributed by atoms with Crippen molar-refractivity contribution in [2.24, 2.45) is 0 Å². The summed E-state index contributed by atoms with van der Waals surface area (Å²) in [5.74, 6) is 1.24. The highest BCUT2D eigenvalue weighted by Gasteiger charge is 2.21. The molecule has 0 amide bonds. The van der Waals surface area contributed by atoms with E-state index in [0.717, 1.165) is 48.0 Å². The third-order valence-electron chi connectivity index (χ3n) is 6.61. The predicted octanol–water partition coefficient (Wildman–Crippen LogP) is 5.42. The van der Waals surface area contributed by atoms with E-state index in [1.54, 1.807) is 18.2 Å². The maximum Gasteiger partial charge on any atom is 0.235 e. The maximum absolute atomic E-state index is 13.0. The van der Waals surface area contributed by atoms with Crippen molar-refractivity contribution in [2.45, 2.75) is 20.0 Å². The number of aliphatic hydroxyl groups excluding tert-OH is 1. The molecule has 3 aromatic carbocycles. The molecule has 1 atom stereocenters. The number of hydrogen-bond acceptors (Lipinski definition) is 7. The van der Waals surface area contributed by atoms with E-state index in [2.05, 4.69) is 9.80 Å². The van der Waals surface area contributed by atoms with Crippen LogP contribution in [0.15, 0.2) is 76.1 Å².